The predicted octanol–water partition coefficient (Wildman–Crippen LogP) is 5.49. The summed E-state index contributed by atoms with van der Waals surface area (Å²) in [6, 6.07) is 12.0. The number of benzene rings is 1. The number of thiocarbonyl (C=S) groups is 1. The summed E-state index contributed by atoms with van der Waals surface area (Å²) in [6.45, 7) is 5.75. The van der Waals surface area contributed by atoms with Crippen LogP contribution in [0, 0.1) is 13.8 Å². The van der Waals surface area contributed by atoms with Crippen LogP contribution in [-0.4, -0.2) is 34.2 Å². The van der Waals surface area contributed by atoms with E-state index in [1.54, 1.807) is 18.6 Å². The molecule has 1 fully saturated rings. The number of halogens is 1. The number of aryl methyl sites for hydroxylation is 2. The molecule has 0 spiro atoms. The fraction of sp³-hybridized carbons (Fsp3) is 0.292. The third-order valence-electron chi connectivity index (χ3n) is 5.43. The lowest BCUT2D eigenvalue weighted by atomic mass is 10.1. The van der Waals surface area contributed by atoms with Gasteiger partial charge in [-0.3, -0.25) is 4.98 Å². The van der Waals surface area contributed by atoms with Crippen molar-refractivity contribution in [3.05, 3.63) is 71.1 Å². The number of ether oxygens (including phenoxy) is 1. The quantitative estimate of drug-likeness (QED) is 0.480. The maximum Gasteiger partial charge on any atom is 0.171 e. The molecule has 1 aliphatic heterocycles. The zero-order valence-corrected chi connectivity index (χ0v) is 19.7. The molecule has 3 aromatic rings. The number of hydrogen-bond acceptors (Lipinski definition) is 5. The summed E-state index contributed by atoms with van der Waals surface area (Å²) >= 11 is 12.1. The van der Waals surface area contributed by atoms with Gasteiger partial charge in [0.05, 0.1) is 11.9 Å². The predicted molar refractivity (Wildman–Crippen MR) is 134 cm³/mol. The highest BCUT2D eigenvalue weighted by atomic mass is 35.5. The highest BCUT2D eigenvalue weighted by molar-refractivity contribution is 7.80. The first-order chi connectivity index (χ1) is 15.5. The van der Waals surface area contributed by atoms with Crippen molar-refractivity contribution in [3.63, 3.8) is 0 Å². The lowest BCUT2D eigenvalue weighted by molar-refractivity contribution is 0.462. The molecule has 6 nitrogen and oxygen atoms in total. The maximum atomic E-state index is 6.71. The summed E-state index contributed by atoms with van der Waals surface area (Å²) in [7, 11) is 0. The molecule has 0 saturated carbocycles. The van der Waals surface area contributed by atoms with Gasteiger partial charge in [0.25, 0.3) is 0 Å². The van der Waals surface area contributed by atoms with E-state index in [0.717, 1.165) is 48.7 Å². The van der Waals surface area contributed by atoms with Crippen LogP contribution in [0.3, 0.4) is 0 Å². The summed E-state index contributed by atoms with van der Waals surface area (Å²) in [6.07, 6.45) is 7.08. The van der Waals surface area contributed by atoms with E-state index in [0.29, 0.717) is 15.9 Å². The second kappa shape index (κ2) is 10.1. The highest BCUT2D eigenvalue weighted by Gasteiger charge is 2.23. The van der Waals surface area contributed by atoms with E-state index in [1.807, 2.05) is 37.3 Å². The minimum atomic E-state index is 0.288. The van der Waals surface area contributed by atoms with Crippen LogP contribution in [0.1, 0.15) is 24.0 Å². The molecule has 1 saturated heterocycles. The third-order valence-corrected chi connectivity index (χ3v) is 6.01. The average Bonchev–Trinajstić information content (AvgIpc) is 2.78. The van der Waals surface area contributed by atoms with Gasteiger partial charge >= 0.3 is 0 Å². The van der Waals surface area contributed by atoms with Crippen LogP contribution in [0.4, 0.5) is 11.5 Å². The summed E-state index contributed by atoms with van der Waals surface area (Å²) in [5, 5.41) is 7.71. The lowest BCUT2D eigenvalue weighted by Gasteiger charge is -2.34. The fourth-order valence-electron chi connectivity index (χ4n) is 3.77. The first-order valence-corrected chi connectivity index (χ1v) is 11.4. The zero-order chi connectivity index (χ0) is 22.5. The molecule has 3 heterocycles. The summed E-state index contributed by atoms with van der Waals surface area (Å²) in [4.78, 5) is 10.8. The van der Waals surface area contributed by atoms with E-state index >= 15 is 0 Å². The molecule has 0 bridgehead atoms. The van der Waals surface area contributed by atoms with Crippen molar-refractivity contribution in [2.45, 2.75) is 32.7 Å². The van der Waals surface area contributed by atoms with E-state index in [-0.39, 0.29) is 6.04 Å². The van der Waals surface area contributed by atoms with Gasteiger partial charge in [-0.25, -0.2) is 4.98 Å². The van der Waals surface area contributed by atoms with Gasteiger partial charge in [0.1, 0.15) is 10.8 Å². The van der Waals surface area contributed by atoms with Gasteiger partial charge in [0.15, 0.2) is 16.7 Å². The normalized spacial score (nSPS) is 14.2. The minimum Gasteiger partial charge on any atom is -0.455 e. The van der Waals surface area contributed by atoms with Gasteiger partial charge in [-0.05, 0) is 62.7 Å². The number of hydrogen-bond donors (Lipinski definition) is 2. The molecular weight excluding hydrogens is 442 g/mol. The van der Waals surface area contributed by atoms with Crippen molar-refractivity contribution in [2.75, 3.05) is 23.3 Å². The standard InChI is InChI=1S/C24H26ClN5OS/c1-16-5-6-20(17(2)14-16)31-21-7-11-27-23(22(21)25)30-12-8-18(9-13-30)28-24(32)29-19-4-3-10-26-15-19/h3-7,10-11,14-15,18H,8-9,12-13H2,1-2H3,(H2,28,29,32). The SMILES string of the molecule is Cc1ccc(Oc2ccnc(N3CCC(NC(=S)Nc4cccnc4)CC3)c2Cl)c(C)c1. The van der Waals surface area contributed by atoms with Crippen LogP contribution in [0.2, 0.25) is 5.02 Å². The Balaban J connectivity index is 1.36. The topological polar surface area (TPSA) is 62.3 Å². The molecule has 32 heavy (non-hydrogen) atoms. The second-order valence-electron chi connectivity index (χ2n) is 7.92. The molecule has 4 rings (SSSR count). The number of rotatable bonds is 5. The monoisotopic (exact) mass is 467 g/mol. The molecule has 0 amide bonds. The Morgan fingerprint density at radius 2 is 1.94 bits per heavy atom. The van der Waals surface area contributed by atoms with E-state index in [4.69, 9.17) is 28.6 Å². The minimum absolute atomic E-state index is 0.288. The van der Waals surface area contributed by atoms with Gasteiger partial charge in [-0.15, -0.1) is 0 Å². The molecule has 1 aromatic carbocycles. The summed E-state index contributed by atoms with van der Waals surface area (Å²) in [5.41, 5.74) is 3.14. The third kappa shape index (κ3) is 5.47. The van der Waals surface area contributed by atoms with Gasteiger partial charge < -0.3 is 20.3 Å². The van der Waals surface area contributed by atoms with E-state index in [1.165, 1.54) is 5.56 Å². The van der Waals surface area contributed by atoms with Crippen molar-refractivity contribution in [3.8, 4) is 11.5 Å². The Kier molecular flexibility index (Phi) is 7.07. The average molecular weight is 468 g/mol. The largest absolute Gasteiger partial charge is 0.455 e. The fourth-order valence-corrected chi connectivity index (χ4v) is 4.33. The highest BCUT2D eigenvalue weighted by Crippen LogP contribution is 2.37. The number of nitrogens with zero attached hydrogens (tertiary/aromatic N) is 3. The smallest absolute Gasteiger partial charge is 0.171 e. The Hall–Kier alpha value is -2.90. The number of piperidine rings is 1. The molecule has 166 valence electrons. The van der Waals surface area contributed by atoms with Crippen LogP contribution in [-0.2, 0) is 0 Å². The Morgan fingerprint density at radius 1 is 1.12 bits per heavy atom. The molecule has 2 N–H and O–H groups in total. The van der Waals surface area contributed by atoms with Gasteiger partial charge in [-0.1, -0.05) is 29.3 Å². The number of anilines is 2. The van der Waals surface area contributed by atoms with Crippen LogP contribution in [0.5, 0.6) is 11.5 Å². The lowest BCUT2D eigenvalue weighted by Crippen LogP contribution is -2.46. The Bertz CT molecular complexity index is 1090. The van der Waals surface area contributed by atoms with Crippen molar-refractivity contribution in [1.29, 1.82) is 0 Å². The molecule has 0 atom stereocenters. The second-order valence-corrected chi connectivity index (χ2v) is 8.71. The van der Waals surface area contributed by atoms with E-state index in [9.17, 15) is 0 Å². The van der Waals surface area contributed by atoms with Crippen LogP contribution < -0.4 is 20.3 Å². The van der Waals surface area contributed by atoms with Crippen molar-refractivity contribution in [1.82, 2.24) is 15.3 Å². The van der Waals surface area contributed by atoms with Crippen molar-refractivity contribution < 1.29 is 4.74 Å². The molecule has 8 heteroatoms. The Labute approximate surface area is 199 Å². The number of aromatic nitrogens is 2. The van der Waals surface area contributed by atoms with Gasteiger partial charge in [0, 0.05) is 37.6 Å². The van der Waals surface area contributed by atoms with E-state index < -0.39 is 0 Å². The Morgan fingerprint density at radius 3 is 2.66 bits per heavy atom. The van der Waals surface area contributed by atoms with Crippen LogP contribution >= 0.6 is 23.8 Å². The van der Waals surface area contributed by atoms with Crippen molar-refractivity contribution in [2.24, 2.45) is 0 Å². The summed E-state index contributed by atoms with van der Waals surface area (Å²) < 4.78 is 6.12. The molecule has 0 radical (unpaired) electrons. The first kappa shape index (κ1) is 22.3. The molecule has 1 aliphatic rings. The number of nitrogens with one attached hydrogen (secondary N) is 2. The van der Waals surface area contributed by atoms with E-state index in [2.05, 4.69) is 38.5 Å². The molecule has 0 aliphatic carbocycles. The zero-order valence-electron chi connectivity index (χ0n) is 18.1. The van der Waals surface area contributed by atoms with Crippen LogP contribution in [0.25, 0.3) is 0 Å². The van der Waals surface area contributed by atoms with Crippen molar-refractivity contribution >= 4 is 40.4 Å². The number of pyridine rings is 2. The van der Waals surface area contributed by atoms with Gasteiger partial charge in [-0.2, -0.15) is 0 Å². The van der Waals surface area contributed by atoms with Crippen LogP contribution in [0.15, 0.2) is 55.0 Å². The molecule has 2 aromatic heterocycles. The summed E-state index contributed by atoms with van der Waals surface area (Å²) in [5.74, 6) is 2.17. The molecular formula is C24H26ClN5OS. The molecule has 0 unspecified atom stereocenters. The maximum absolute atomic E-state index is 6.71. The van der Waals surface area contributed by atoms with Gasteiger partial charge in [0.2, 0.25) is 0 Å². The first-order valence-electron chi connectivity index (χ1n) is 10.6.